The van der Waals surface area contributed by atoms with Crippen LogP contribution in [0.2, 0.25) is 0 Å². The van der Waals surface area contributed by atoms with Crippen molar-refractivity contribution in [2.24, 2.45) is 0 Å². The molecule has 21 heavy (non-hydrogen) atoms. The molecule has 1 fully saturated rings. The normalized spacial score (nSPS) is 23.9. The second kappa shape index (κ2) is 5.01. The van der Waals surface area contributed by atoms with Gasteiger partial charge in [0, 0.05) is 12.0 Å². The van der Waals surface area contributed by atoms with Crippen LogP contribution in [0.4, 0.5) is 0 Å². The molecule has 1 amide bonds. The van der Waals surface area contributed by atoms with Crippen molar-refractivity contribution >= 4 is 17.7 Å². The zero-order valence-electron chi connectivity index (χ0n) is 11.2. The van der Waals surface area contributed by atoms with Crippen LogP contribution in [0.3, 0.4) is 0 Å². The monoisotopic (exact) mass is 283 g/mol. The van der Waals surface area contributed by atoms with Gasteiger partial charge in [-0.05, 0) is 30.4 Å². The minimum atomic E-state index is -0.899. The minimum Gasteiger partial charge on any atom is -0.450 e. The van der Waals surface area contributed by atoms with Crippen LogP contribution in [-0.4, -0.2) is 23.3 Å². The number of hydrogen-bond donors (Lipinski definition) is 1. The smallest absolute Gasteiger partial charge is 0.307 e. The maximum atomic E-state index is 12.1. The Morgan fingerprint density at radius 3 is 2.62 bits per heavy atom. The molecule has 1 aromatic carbocycles. The highest BCUT2D eigenvalue weighted by atomic mass is 16.6. The van der Waals surface area contributed by atoms with Crippen LogP contribution in [0.15, 0.2) is 54.3 Å². The summed E-state index contributed by atoms with van der Waals surface area (Å²) in [5.74, 6) is -0.989. The number of carbonyl (C=O) groups excluding carboxylic acids is 3. The van der Waals surface area contributed by atoms with E-state index in [0.717, 1.165) is 0 Å². The van der Waals surface area contributed by atoms with Gasteiger partial charge in [0.15, 0.2) is 5.60 Å². The first-order valence-corrected chi connectivity index (χ1v) is 6.63. The van der Waals surface area contributed by atoms with Crippen LogP contribution in [0.1, 0.15) is 23.2 Å². The minimum absolute atomic E-state index is 0.140. The maximum absolute atomic E-state index is 12.1. The number of benzene rings is 1. The van der Waals surface area contributed by atoms with Crippen LogP contribution < -0.4 is 5.32 Å². The predicted molar refractivity (Wildman–Crippen MR) is 74.2 cm³/mol. The van der Waals surface area contributed by atoms with Gasteiger partial charge in [0.2, 0.25) is 5.78 Å². The van der Waals surface area contributed by atoms with E-state index < -0.39 is 5.60 Å². The molecule has 5 heteroatoms. The van der Waals surface area contributed by atoms with E-state index in [9.17, 15) is 14.4 Å². The molecule has 1 heterocycles. The van der Waals surface area contributed by atoms with Crippen molar-refractivity contribution in [3.05, 3.63) is 59.8 Å². The van der Waals surface area contributed by atoms with E-state index in [4.69, 9.17) is 4.74 Å². The Kier molecular flexibility index (Phi) is 3.17. The molecule has 1 aromatic rings. The van der Waals surface area contributed by atoms with Gasteiger partial charge < -0.3 is 10.1 Å². The second-order valence-corrected chi connectivity index (χ2v) is 5.00. The summed E-state index contributed by atoms with van der Waals surface area (Å²) < 4.78 is 5.25. The van der Waals surface area contributed by atoms with Crippen LogP contribution in [-0.2, 0) is 14.3 Å². The molecule has 0 aromatic heterocycles. The molecule has 0 radical (unpaired) electrons. The van der Waals surface area contributed by atoms with Crippen LogP contribution in [0, 0.1) is 0 Å². The van der Waals surface area contributed by atoms with Crippen molar-refractivity contribution in [1.29, 1.82) is 0 Å². The lowest BCUT2D eigenvalue weighted by Gasteiger charge is -2.24. The van der Waals surface area contributed by atoms with Crippen LogP contribution >= 0.6 is 0 Å². The number of esters is 1. The molecule has 0 saturated carbocycles. The van der Waals surface area contributed by atoms with E-state index in [1.807, 2.05) is 0 Å². The summed E-state index contributed by atoms with van der Waals surface area (Å²) in [4.78, 5) is 35.3. The summed E-state index contributed by atoms with van der Waals surface area (Å²) in [6, 6.07) is 8.60. The quantitative estimate of drug-likeness (QED) is 0.835. The average Bonchev–Trinajstić information content (AvgIpc) is 2.85. The molecule has 1 N–H and O–H groups in total. The summed E-state index contributed by atoms with van der Waals surface area (Å²) in [6.45, 7) is 0. The molecule has 1 atom stereocenters. The van der Waals surface area contributed by atoms with Gasteiger partial charge in [-0.15, -0.1) is 0 Å². The first-order valence-electron chi connectivity index (χ1n) is 6.63. The van der Waals surface area contributed by atoms with Gasteiger partial charge in [-0.1, -0.05) is 18.2 Å². The molecular formula is C16H13NO4. The third-order valence-electron chi connectivity index (χ3n) is 3.48. The van der Waals surface area contributed by atoms with Gasteiger partial charge in [-0.25, -0.2) is 0 Å². The van der Waals surface area contributed by atoms with E-state index in [-0.39, 0.29) is 23.4 Å². The van der Waals surface area contributed by atoms with Crippen LogP contribution in [0.25, 0.3) is 0 Å². The Balaban J connectivity index is 1.82. The van der Waals surface area contributed by atoms with Crippen molar-refractivity contribution in [1.82, 2.24) is 5.32 Å². The topological polar surface area (TPSA) is 72.5 Å². The van der Waals surface area contributed by atoms with Crippen molar-refractivity contribution in [2.75, 3.05) is 0 Å². The molecule has 1 aliphatic carbocycles. The lowest BCUT2D eigenvalue weighted by molar-refractivity contribution is -0.143. The number of ketones is 1. The number of ether oxygens (including phenoxy) is 1. The van der Waals surface area contributed by atoms with E-state index in [1.165, 1.54) is 12.2 Å². The Hall–Kier alpha value is -2.69. The van der Waals surface area contributed by atoms with E-state index in [0.29, 0.717) is 18.4 Å². The van der Waals surface area contributed by atoms with Crippen molar-refractivity contribution in [3.8, 4) is 0 Å². The first-order chi connectivity index (χ1) is 10.1. The number of nitrogens with one attached hydrogen (secondary N) is 1. The third-order valence-corrected chi connectivity index (χ3v) is 3.48. The maximum Gasteiger partial charge on any atom is 0.307 e. The van der Waals surface area contributed by atoms with Crippen molar-refractivity contribution in [2.45, 2.75) is 18.4 Å². The lowest BCUT2D eigenvalue weighted by Crippen LogP contribution is -2.34. The highest BCUT2D eigenvalue weighted by Gasteiger charge is 2.39. The molecule has 106 valence electrons. The van der Waals surface area contributed by atoms with Crippen molar-refractivity contribution in [3.63, 3.8) is 0 Å². The molecular weight excluding hydrogens is 270 g/mol. The van der Waals surface area contributed by atoms with Gasteiger partial charge in [0.25, 0.3) is 5.91 Å². The summed E-state index contributed by atoms with van der Waals surface area (Å²) in [5.41, 5.74) is -0.302. The predicted octanol–water partition coefficient (Wildman–Crippen LogP) is 1.52. The first kappa shape index (κ1) is 13.3. The number of amides is 1. The summed E-state index contributed by atoms with van der Waals surface area (Å²) in [5, 5.41) is 2.58. The van der Waals surface area contributed by atoms with E-state index >= 15 is 0 Å². The average molecular weight is 283 g/mol. The fourth-order valence-electron chi connectivity index (χ4n) is 2.38. The van der Waals surface area contributed by atoms with Gasteiger partial charge in [0.1, 0.15) is 0 Å². The Morgan fingerprint density at radius 2 is 1.95 bits per heavy atom. The summed E-state index contributed by atoms with van der Waals surface area (Å²) in [6.07, 6.45) is 5.19. The SMILES string of the molecule is O=C1CCC2(C=CC(=O)C(NC(=O)c3ccccc3)=C2)O1. The zero-order valence-corrected chi connectivity index (χ0v) is 11.2. The highest BCUT2D eigenvalue weighted by molar-refractivity contribution is 6.09. The van der Waals surface area contributed by atoms with Gasteiger partial charge in [0.05, 0.1) is 12.1 Å². The molecule has 1 aliphatic heterocycles. The Labute approximate surface area is 121 Å². The standard InChI is InChI=1S/C16H13NO4/c18-13-6-8-16(9-7-14(19)21-16)10-12(13)17-15(20)11-4-2-1-3-5-11/h1-6,8,10H,7,9H2,(H,17,20). The molecule has 1 spiro atoms. The van der Waals surface area contributed by atoms with Gasteiger partial charge >= 0.3 is 5.97 Å². The van der Waals surface area contributed by atoms with Gasteiger partial charge in [-0.2, -0.15) is 0 Å². The fraction of sp³-hybridized carbons (Fsp3) is 0.188. The fourth-order valence-corrected chi connectivity index (χ4v) is 2.38. The molecule has 2 aliphatic rings. The number of allylic oxidation sites excluding steroid dienone is 1. The molecule has 3 rings (SSSR count). The summed E-state index contributed by atoms with van der Waals surface area (Å²) in [7, 11) is 0. The largest absolute Gasteiger partial charge is 0.450 e. The molecule has 5 nitrogen and oxygen atoms in total. The number of hydrogen-bond acceptors (Lipinski definition) is 4. The van der Waals surface area contributed by atoms with E-state index in [1.54, 1.807) is 36.4 Å². The van der Waals surface area contributed by atoms with Gasteiger partial charge in [-0.3, -0.25) is 14.4 Å². The summed E-state index contributed by atoms with van der Waals surface area (Å²) >= 11 is 0. The lowest BCUT2D eigenvalue weighted by atomic mass is 9.92. The molecule has 1 saturated heterocycles. The Bertz CT molecular complexity index is 675. The number of carbonyl (C=O) groups is 3. The Morgan fingerprint density at radius 1 is 1.19 bits per heavy atom. The van der Waals surface area contributed by atoms with Crippen LogP contribution in [0.5, 0.6) is 0 Å². The third kappa shape index (κ3) is 2.63. The van der Waals surface area contributed by atoms with E-state index in [2.05, 4.69) is 5.32 Å². The zero-order chi connectivity index (χ0) is 14.9. The molecule has 1 unspecified atom stereocenters. The highest BCUT2D eigenvalue weighted by Crippen LogP contribution is 2.32. The molecule has 0 bridgehead atoms. The number of rotatable bonds is 2. The van der Waals surface area contributed by atoms with Crippen molar-refractivity contribution < 1.29 is 19.1 Å². The second-order valence-electron chi connectivity index (χ2n) is 5.00.